The molecule has 1 rings (SSSR count). The summed E-state index contributed by atoms with van der Waals surface area (Å²) in [7, 11) is -3.62. The molecule has 26 heavy (non-hydrogen) atoms. The van der Waals surface area contributed by atoms with Crippen molar-refractivity contribution >= 4 is 16.6 Å². The van der Waals surface area contributed by atoms with Gasteiger partial charge in [0.15, 0.2) is 8.32 Å². The molecule has 2 atom stereocenters. The van der Waals surface area contributed by atoms with E-state index in [1.165, 1.54) is 0 Å². The van der Waals surface area contributed by atoms with Crippen LogP contribution in [0.15, 0.2) is 12.3 Å². The molecule has 0 aliphatic carbocycles. The first-order valence-corrected chi connectivity index (χ1v) is 15.4. The Hall–Kier alpha value is -0.106. The zero-order chi connectivity index (χ0) is 20.3. The first kappa shape index (κ1) is 23.9. The molecule has 1 aliphatic rings. The van der Waals surface area contributed by atoms with Gasteiger partial charge in [-0.1, -0.05) is 62.3 Å². The van der Waals surface area contributed by atoms with Gasteiger partial charge in [0.1, 0.15) is 6.10 Å². The standard InChI is InChI=1S/C21H44O3Si2/c1-16(2)26(17(3)4,18(5)6)24-19-12-13-22-20(14-19)15-23-25(10,11)21(7,8)9/h12-13,16-20H,14-15H2,1-11H3/t19-,20+/m1/s1. The fourth-order valence-electron chi connectivity index (χ4n) is 4.02. The maximum atomic E-state index is 6.92. The van der Waals surface area contributed by atoms with Crippen LogP contribution in [-0.4, -0.2) is 35.4 Å². The van der Waals surface area contributed by atoms with E-state index >= 15 is 0 Å². The minimum atomic E-state index is -1.87. The lowest BCUT2D eigenvalue weighted by Gasteiger charge is -2.45. The van der Waals surface area contributed by atoms with Crippen LogP contribution >= 0.6 is 0 Å². The van der Waals surface area contributed by atoms with Gasteiger partial charge in [0, 0.05) is 6.42 Å². The molecule has 0 aromatic carbocycles. The Morgan fingerprint density at radius 2 is 1.50 bits per heavy atom. The molecule has 1 heterocycles. The van der Waals surface area contributed by atoms with E-state index < -0.39 is 16.6 Å². The van der Waals surface area contributed by atoms with Crippen LogP contribution < -0.4 is 0 Å². The summed E-state index contributed by atoms with van der Waals surface area (Å²) in [6.07, 6.45) is 5.09. The smallest absolute Gasteiger partial charge is 0.201 e. The van der Waals surface area contributed by atoms with Crippen LogP contribution in [0.5, 0.6) is 0 Å². The maximum absolute atomic E-state index is 6.92. The molecule has 154 valence electrons. The fraction of sp³-hybridized carbons (Fsp3) is 0.905. The van der Waals surface area contributed by atoms with Crippen LogP contribution in [0.4, 0.5) is 0 Å². The second kappa shape index (κ2) is 8.93. The Kier molecular flexibility index (Phi) is 8.22. The molecule has 0 N–H and O–H groups in total. The van der Waals surface area contributed by atoms with E-state index in [0.717, 1.165) is 6.42 Å². The molecule has 0 saturated carbocycles. The first-order chi connectivity index (χ1) is 11.7. The highest BCUT2D eigenvalue weighted by Crippen LogP contribution is 2.44. The zero-order valence-electron chi connectivity index (χ0n) is 19.2. The van der Waals surface area contributed by atoms with E-state index in [1.807, 2.05) is 6.26 Å². The maximum Gasteiger partial charge on any atom is 0.201 e. The SMILES string of the molecule is CC(C)[Si](O[C@@H]1C=CO[C@H](CO[Si](C)(C)C(C)(C)C)C1)(C(C)C)C(C)C. The Labute approximate surface area is 165 Å². The van der Waals surface area contributed by atoms with Gasteiger partial charge < -0.3 is 13.6 Å². The Bertz CT molecular complexity index is 443. The summed E-state index contributed by atoms with van der Waals surface area (Å²) < 4.78 is 19.2. The van der Waals surface area contributed by atoms with Crippen LogP contribution in [0.2, 0.25) is 34.8 Å². The molecule has 0 aromatic heterocycles. The van der Waals surface area contributed by atoms with Gasteiger partial charge in [-0.15, -0.1) is 0 Å². The Balaban J connectivity index is 2.79. The molecule has 0 saturated heterocycles. The van der Waals surface area contributed by atoms with Crippen LogP contribution in [0.1, 0.15) is 68.7 Å². The molecule has 0 spiro atoms. The van der Waals surface area contributed by atoms with Crippen molar-refractivity contribution in [3.8, 4) is 0 Å². The summed E-state index contributed by atoms with van der Waals surface area (Å²) in [5.41, 5.74) is 1.79. The quantitative estimate of drug-likeness (QED) is 0.416. The molecule has 1 aliphatic heterocycles. The lowest BCUT2D eigenvalue weighted by Crippen LogP contribution is -2.51. The largest absolute Gasteiger partial charge is 0.496 e. The summed E-state index contributed by atoms with van der Waals surface area (Å²) in [5.74, 6) is 0. The van der Waals surface area contributed by atoms with Crippen molar-refractivity contribution < 1.29 is 13.6 Å². The fourth-order valence-corrected chi connectivity index (χ4v) is 10.6. The normalized spacial score (nSPS) is 22.4. The first-order valence-electron chi connectivity index (χ1n) is 10.4. The molecule has 0 amide bonds. The number of ether oxygens (including phenoxy) is 1. The number of hydrogen-bond donors (Lipinski definition) is 0. The van der Waals surface area contributed by atoms with Gasteiger partial charge in [-0.2, -0.15) is 0 Å². The van der Waals surface area contributed by atoms with Gasteiger partial charge in [-0.25, -0.2) is 0 Å². The highest BCUT2D eigenvalue weighted by Gasteiger charge is 2.47. The van der Waals surface area contributed by atoms with Crippen molar-refractivity contribution in [3.63, 3.8) is 0 Å². The average molecular weight is 401 g/mol. The molecule has 3 nitrogen and oxygen atoms in total. The molecule has 0 fully saturated rings. The topological polar surface area (TPSA) is 27.7 Å². The molecule has 0 radical (unpaired) electrons. The van der Waals surface area contributed by atoms with Gasteiger partial charge in [0.05, 0.1) is 19.0 Å². The average Bonchev–Trinajstić information content (AvgIpc) is 2.49. The summed E-state index contributed by atoms with van der Waals surface area (Å²) in [6, 6.07) is 0. The van der Waals surface area contributed by atoms with E-state index in [4.69, 9.17) is 13.6 Å². The van der Waals surface area contributed by atoms with E-state index in [-0.39, 0.29) is 17.2 Å². The van der Waals surface area contributed by atoms with Crippen molar-refractivity contribution in [2.24, 2.45) is 0 Å². The highest BCUT2D eigenvalue weighted by molar-refractivity contribution is 6.77. The van der Waals surface area contributed by atoms with Crippen molar-refractivity contribution in [1.82, 2.24) is 0 Å². The van der Waals surface area contributed by atoms with Gasteiger partial charge >= 0.3 is 0 Å². The predicted octanol–water partition coefficient (Wildman–Crippen LogP) is 6.87. The lowest BCUT2D eigenvalue weighted by molar-refractivity contribution is 0.0309. The monoisotopic (exact) mass is 400 g/mol. The van der Waals surface area contributed by atoms with E-state index in [1.54, 1.807) is 0 Å². The molecule has 5 heteroatoms. The molecule has 0 unspecified atom stereocenters. The van der Waals surface area contributed by atoms with Gasteiger partial charge in [0.25, 0.3) is 0 Å². The summed E-state index contributed by atoms with van der Waals surface area (Å²) in [4.78, 5) is 0. The zero-order valence-corrected chi connectivity index (χ0v) is 21.2. The molecular formula is C21H44O3Si2. The van der Waals surface area contributed by atoms with Crippen molar-refractivity contribution in [2.75, 3.05) is 6.61 Å². The van der Waals surface area contributed by atoms with Crippen LogP contribution in [-0.2, 0) is 13.6 Å². The molecule has 0 bridgehead atoms. The highest BCUT2D eigenvalue weighted by atomic mass is 28.4. The summed E-state index contributed by atoms with van der Waals surface area (Å²) in [6.45, 7) is 26.1. The third-order valence-corrected chi connectivity index (χ3v) is 17.2. The van der Waals surface area contributed by atoms with Crippen LogP contribution in [0.3, 0.4) is 0 Å². The summed E-state index contributed by atoms with van der Waals surface area (Å²) >= 11 is 0. The number of rotatable bonds is 8. The van der Waals surface area contributed by atoms with Crippen molar-refractivity contribution in [2.45, 2.75) is 116 Å². The summed E-state index contributed by atoms with van der Waals surface area (Å²) in [5, 5.41) is 0.225. The van der Waals surface area contributed by atoms with Crippen LogP contribution in [0.25, 0.3) is 0 Å². The van der Waals surface area contributed by atoms with E-state index in [0.29, 0.717) is 23.2 Å². The molecule has 0 aromatic rings. The van der Waals surface area contributed by atoms with Crippen molar-refractivity contribution in [3.05, 3.63) is 12.3 Å². The van der Waals surface area contributed by atoms with Gasteiger partial charge in [0.2, 0.25) is 8.32 Å². The van der Waals surface area contributed by atoms with Gasteiger partial charge in [-0.3, -0.25) is 0 Å². The second-order valence-corrected chi connectivity index (χ2v) is 20.6. The minimum Gasteiger partial charge on any atom is -0.496 e. The predicted molar refractivity (Wildman–Crippen MR) is 118 cm³/mol. The third kappa shape index (κ3) is 5.46. The van der Waals surface area contributed by atoms with E-state index in [2.05, 4.69) is 81.5 Å². The Morgan fingerprint density at radius 3 is 1.92 bits per heavy atom. The van der Waals surface area contributed by atoms with Gasteiger partial charge in [-0.05, 0) is 40.8 Å². The minimum absolute atomic E-state index is 0.0947. The third-order valence-electron chi connectivity index (χ3n) is 6.56. The van der Waals surface area contributed by atoms with Crippen LogP contribution in [0, 0.1) is 0 Å². The van der Waals surface area contributed by atoms with Crippen molar-refractivity contribution in [1.29, 1.82) is 0 Å². The number of hydrogen-bond acceptors (Lipinski definition) is 3. The Morgan fingerprint density at radius 1 is 1.00 bits per heavy atom. The lowest BCUT2D eigenvalue weighted by atomic mass is 10.1. The second-order valence-electron chi connectivity index (χ2n) is 10.4. The molecular weight excluding hydrogens is 356 g/mol. The van der Waals surface area contributed by atoms with E-state index in [9.17, 15) is 0 Å².